The van der Waals surface area contributed by atoms with E-state index in [-0.39, 0.29) is 28.8 Å². The number of anilines is 2. The predicted molar refractivity (Wildman–Crippen MR) is 129 cm³/mol. The average Bonchev–Trinajstić information content (AvgIpc) is 3.30. The number of hydrogen-bond donors (Lipinski definition) is 1. The van der Waals surface area contributed by atoms with E-state index in [0.29, 0.717) is 64.1 Å². The van der Waals surface area contributed by atoms with Crippen molar-refractivity contribution in [3.8, 4) is 11.7 Å². The van der Waals surface area contributed by atoms with Gasteiger partial charge in [0.05, 0.1) is 18.7 Å². The lowest BCUT2D eigenvalue weighted by molar-refractivity contribution is 0.122. The summed E-state index contributed by atoms with van der Waals surface area (Å²) in [7, 11) is 3.43. The van der Waals surface area contributed by atoms with Crippen molar-refractivity contribution in [1.29, 1.82) is 0 Å². The van der Waals surface area contributed by atoms with Gasteiger partial charge < -0.3 is 29.4 Å². The molecule has 4 heterocycles. The van der Waals surface area contributed by atoms with Crippen LogP contribution in [-0.4, -0.2) is 107 Å². The van der Waals surface area contributed by atoms with E-state index in [1.807, 2.05) is 15.9 Å². The lowest BCUT2D eigenvalue weighted by atomic mass is 10.3. The van der Waals surface area contributed by atoms with Crippen LogP contribution < -0.4 is 9.80 Å². The smallest absolute Gasteiger partial charge is 0.319 e. The maximum Gasteiger partial charge on any atom is 0.319 e. The number of phenolic OH excluding ortho intramolecular Hbond substituents is 1. The highest BCUT2D eigenvalue weighted by atomic mass is 19.3. The SMILES string of the molecule is CN(C)C(=O)N1CCN(c2cc(N3CCOCC3)nc(-n3c(C(F)F)nc4c(O)cccc43)n2)CC1. The van der Waals surface area contributed by atoms with E-state index < -0.39 is 12.2 Å². The molecule has 2 aliphatic heterocycles. The van der Waals surface area contributed by atoms with Crippen LogP contribution in [0.1, 0.15) is 12.2 Å². The van der Waals surface area contributed by atoms with Crippen molar-refractivity contribution in [3.05, 3.63) is 30.1 Å². The number of amides is 2. The van der Waals surface area contributed by atoms with Gasteiger partial charge in [0.25, 0.3) is 6.43 Å². The molecule has 13 heteroatoms. The molecule has 2 fully saturated rings. The van der Waals surface area contributed by atoms with Crippen LogP contribution in [0.5, 0.6) is 5.75 Å². The molecule has 0 spiro atoms. The minimum absolute atomic E-state index is 0.0455. The summed E-state index contributed by atoms with van der Waals surface area (Å²) in [6.45, 7) is 4.36. The molecule has 1 aromatic carbocycles. The minimum Gasteiger partial charge on any atom is -0.506 e. The van der Waals surface area contributed by atoms with Gasteiger partial charge in [-0.15, -0.1) is 0 Å². The summed E-state index contributed by atoms with van der Waals surface area (Å²) < 4.78 is 34.8. The number of aromatic nitrogens is 4. The molecule has 0 aliphatic carbocycles. The number of alkyl halides is 2. The number of halogens is 2. The number of hydrogen-bond acceptors (Lipinski definition) is 8. The zero-order chi connectivity index (χ0) is 25.4. The topological polar surface area (TPSA) is 103 Å². The third-order valence-electron chi connectivity index (χ3n) is 6.36. The van der Waals surface area contributed by atoms with Crippen molar-refractivity contribution in [3.63, 3.8) is 0 Å². The Morgan fingerprint density at radius 1 is 1.00 bits per heavy atom. The zero-order valence-electron chi connectivity index (χ0n) is 20.1. The highest BCUT2D eigenvalue weighted by molar-refractivity contribution is 5.83. The number of nitrogens with zero attached hydrogens (tertiary/aromatic N) is 8. The highest BCUT2D eigenvalue weighted by Crippen LogP contribution is 2.32. The molecule has 2 amide bonds. The summed E-state index contributed by atoms with van der Waals surface area (Å²) in [6.07, 6.45) is -2.91. The van der Waals surface area contributed by atoms with Crippen LogP contribution in [0.2, 0.25) is 0 Å². The van der Waals surface area contributed by atoms with Gasteiger partial charge >= 0.3 is 6.03 Å². The lowest BCUT2D eigenvalue weighted by Gasteiger charge is -2.37. The molecule has 11 nitrogen and oxygen atoms in total. The number of rotatable bonds is 4. The lowest BCUT2D eigenvalue weighted by Crippen LogP contribution is -2.51. The molecular weight excluding hydrogens is 474 g/mol. The van der Waals surface area contributed by atoms with Crippen molar-refractivity contribution in [2.75, 3.05) is 76.4 Å². The van der Waals surface area contributed by atoms with Crippen LogP contribution in [0.25, 0.3) is 17.0 Å². The van der Waals surface area contributed by atoms with Gasteiger partial charge in [-0.05, 0) is 12.1 Å². The summed E-state index contributed by atoms with van der Waals surface area (Å²) in [4.78, 5) is 33.0. The van der Waals surface area contributed by atoms with Crippen LogP contribution in [0, 0.1) is 0 Å². The summed E-state index contributed by atoms with van der Waals surface area (Å²) in [5, 5.41) is 10.2. The molecule has 2 aliphatic rings. The number of fused-ring (bicyclic) bond motifs is 1. The molecule has 3 aromatic rings. The molecular formula is C23H28F2N8O3. The van der Waals surface area contributed by atoms with E-state index in [2.05, 4.69) is 15.0 Å². The molecule has 0 saturated carbocycles. The second-order valence-corrected chi connectivity index (χ2v) is 8.89. The van der Waals surface area contributed by atoms with Gasteiger partial charge in [0.15, 0.2) is 5.82 Å². The van der Waals surface area contributed by atoms with Crippen LogP contribution in [-0.2, 0) is 4.74 Å². The first-order valence-electron chi connectivity index (χ1n) is 11.8. The van der Waals surface area contributed by atoms with Crippen LogP contribution >= 0.6 is 0 Å². The number of carbonyl (C=O) groups excluding carboxylic acids is 1. The fourth-order valence-corrected chi connectivity index (χ4v) is 4.50. The van der Waals surface area contributed by atoms with Gasteiger partial charge in [-0.25, -0.2) is 18.6 Å². The number of aromatic hydroxyl groups is 1. The third-order valence-corrected chi connectivity index (χ3v) is 6.36. The van der Waals surface area contributed by atoms with Gasteiger partial charge in [-0.3, -0.25) is 4.57 Å². The van der Waals surface area contributed by atoms with Crippen molar-refractivity contribution < 1.29 is 23.4 Å². The second-order valence-electron chi connectivity index (χ2n) is 8.89. The standard InChI is InChI=1S/C23H28F2N8O3/c1-29(2)23(35)32-8-6-30(7-9-32)17-14-18(31-10-12-36-13-11-31)27-22(26-17)33-15-4-3-5-16(34)19(15)28-21(33)20(24)25/h3-5,14,20,34H,6-13H2,1-2H3. The fraction of sp³-hybridized carbons (Fsp3) is 0.478. The number of benzene rings is 1. The maximum atomic E-state index is 14.1. The maximum absolute atomic E-state index is 14.1. The van der Waals surface area contributed by atoms with Crippen molar-refractivity contribution >= 4 is 28.7 Å². The summed E-state index contributed by atoms with van der Waals surface area (Å²) in [6, 6.07) is 6.36. The molecule has 0 radical (unpaired) electrons. The van der Waals surface area contributed by atoms with E-state index >= 15 is 0 Å². The van der Waals surface area contributed by atoms with E-state index in [9.17, 15) is 18.7 Å². The first-order chi connectivity index (χ1) is 17.3. The zero-order valence-corrected chi connectivity index (χ0v) is 20.1. The molecule has 0 atom stereocenters. The normalized spacial score (nSPS) is 16.8. The first-order valence-corrected chi connectivity index (χ1v) is 11.8. The Labute approximate surface area is 206 Å². The van der Waals surface area contributed by atoms with Gasteiger partial charge in [-0.1, -0.05) is 6.07 Å². The monoisotopic (exact) mass is 502 g/mol. The second kappa shape index (κ2) is 9.72. The molecule has 2 saturated heterocycles. The van der Waals surface area contributed by atoms with Crippen LogP contribution in [0.3, 0.4) is 0 Å². The molecule has 36 heavy (non-hydrogen) atoms. The number of imidazole rings is 1. The quantitative estimate of drug-likeness (QED) is 0.579. The van der Waals surface area contributed by atoms with Gasteiger partial charge in [0.1, 0.15) is 22.9 Å². The summed E-state index contributed by atoms with van der Waals surface area (Å²) in [5.41, 5.74) is 0.349. The van der Waals surface area contributed by atoms with E-state index in [0.717, 1.165) is 0 Å². The minimum atomic E-state index is -2.91. The van der Waals surface area contributed by atoms with Crippen molar-refractivity contribution in [2.24, 2.45) is 0 Å². The molecule has 192 valence electrons. The van der Waals surface area contributed by atoms with E-state index in [4.69, 9.17) is 4.74 Å². The molecule has 5 rings (SSSR count). The Hall–Kier alpha value is -3.74. The molecule has 1 N–H and O–H groups in total. The number of morpholine rings is 1. The van der Waals surface area contributed by atoms with Gasteiger partial charge in [-0.2, -0.15) is 9.97 Å². The highest BCUT2D eigenvalue weighted by Gasteiger charge is 2.28. The number of carbonyl (C=O) groups is 1. The molecule has 2 aromatic heterocycles. The Kier molecular flexibility index (Phi) is 6.48. The predicted octanol–water partition coefficient (Wildman–Crippen LogP) is 2.10. The number of para-hydroxylation sites is 1. The molecule has 0 unspecified atom stereocenters. The third kappa shape index (κ3) is 4.45. The van der Waals surface area contributed by atoms with Crippen LogP contribution in [0.15, 0.2) is 24.3 Å². The van der Waals surface area contributed by atoms with Gasteiger partial charge in [0, 0.05) is 59.4 Å². The van der Waals surface area contributed by atoms with Crippen molar-refractivity contribution in [1.82, 2.24) is 29.3 Å². The number of phenols is 1. The number of piperazine rings is 1. The Morgan fingerprint density at radius 2 is 1.64 bits per heavy atom. The largest absolute Gasteiger partial charge is 0.506 e. The number of urea groups is 1. The van der Waals surface area contributed by atoms with E-state index in [1.165, 1.54) is 10.6 Å². The van der Waals surface area contributed by atoms with Crippen molar-refractivity contribution in [2.45, 2.75) is 6.43 Å². The average molecular weight is 503 g/mol. The first kappa shape index (κ1) is 24.0. The molecule has 0 bridgehead atoms. The fourth-order valence-electron chi connectivity index (χ4n) is 4.50. The van der Waals surface area contributed by atoms with Crippen LogP contribution in [0.4, 0.5) is 25.2 Å². The summed E-state index contributed by atoms with van der Waals surface area (Å²) >= 11 is 0. The Balaban J connectivity index is 1.58. The number of ether oxygens (including phenoxy) is 1. The Morgan fingerprint density at radius 3 is 2.25 bits per heavy atom. The van der Waals surface area contributed by atoms with Gasteiger partial charge in [0.2, 0.25) is 5.95 Å². The summed E-state index contributed by atoms with van der Waals surface area (Å²) in [5.74, 6) is 0.467. The van der Waals surface area contributed by atoms with E-state index in [1.54, 1.807) is 36.0 Å². The Bertz CT molecular complexity index is 1250.